The fourth-order valence-electron chi connectivity index (χ4n) is 4.74. The summed E-state index contributed by atoms with van der Waals surface area (Å²) >= 11 is 6.14. The van der Waals surface area contributed by atoms with Gasteiger partial charge in [0.05, 0.1) is 24.5 Å². The highest BCUT2D eigenvalue weighted by atomic mass is 35.5. The minimum Gasteiger partial charge on any atom is -0.453 e. The first-order valence-electron chi connectivity index (χ1n) is 12.6. The lowest BCUT2D eigenvalue weighted by atomic mass is 10.0. The maximum Gasteiger partial charge on any atom is 0.411 e. The van der Waals surface area contributed by atoms with Gasteiger partial charge < -0.3 is 19.8 Å². The van der Waals surface area contributed by atoms with Crippen LogP contribution in [-0.4, -0.2) is 46.6 Å². The molecule has 2 bridgehead atoms. The van der Waals surface area contributed by atoms with Crippen molar-refractivity contribution >= 4 is 41.1 Å². The average Bonchev–Trinajstić information content (AvgIpc) is 3.40. The number of anilines is 2. The Hall–Kier alpha value is -4.31. The Bertz CT molecular complexity index is 1420. The number of hydrogen-bond donors (Lipinski definition) is 3. The molecule has 1 aromatic heterocycles. The predicted molar refractivity (Wildman–Crippen MR) is 146 cm³/mol. The topological polar surface area (TPSA) is 126 Å². The van der Waals surface area contributed by atoms with E-state index in [1.807, 2.05) is 30.4 Å². The summed E-state index contributed by atoms with van der Waals surface area (Å²) in [6.45, 7) is 0.476. The number of fused-ring (bicyclic) bond motifs is 4. The Morgan fingerprint density at radius 3 is 2.87 bits per heavy atom. The van der Waals surface area contributed by atoms with Crippen LogP contribution >= 0.6 is 11.6 Å². The molecule has 10 nitrogen and oxygen atoms in total. The number of methoxy groups -OCH3 is 1. The molecule has 1 fully saturated rings. The molecule has 1 saturated heterocycles. The van der Waals surface area contributed by atoms with E-state index in [-0.39, 0.29) is 18.4 Å². The Kier molecular flexibility index (Phi) is 7.83. The third-order valence-corrected chi connectivity index (χ3v) is 6.92. The highest BCUT2D eigenvalue weighted by Crippen LogP contribution is 2.36. The smallest absolute Gasteiger partial charge is 0.411 e. The number of rotatable bonds is 3. The Balaban J connectivity index is 1.43. The lowest BCUT2D eigenvalue weighted by Gasteiger charge is -2.36. The number of cyclic esters (lactones) is 1. The van der Waals surface area contributed by atoms with Gasteiger partial charge in [0.1, 0.15) is 11.9 Å². The molecule has 0 spiro atoms. The van der Waals surface area contributed by atoms with Crippen LogP contribution in [0.25, 0.3) is 11.3 Å². The van der Waals surface area contributed by atoms with Gasteiger partial charge in [-0.25, -0.2) is 14.6 Å². The van der Waals surface area contributed by atoms with Gasteiger partial charge in [0, 0.05) is 41.9 Å². The number of hydrogen-bond acceptors (Lipinski definition) is 6. The summed E-state index contributed by atoms with van der Waals surface area (Å²) in [7, 11) is 1.28. The second-order valence-corrected chi connectivity index (χ2v) is 9.70. The number of carbonyl (C=O) groups excluding carboxylic acids is 3. The Morgan fingerprint density at radius 1 is 1.21 bits per heavy atom. The van der Waals surface area contributed by atoms with E-state index < -0.39 is 18.2 Å². The minimum atomic E-state index is -0.619. The summed E-state index contributed by atoms with van der Waals surface area (Å²) in [4.78, 5) is 47.3. The average molecular weight is 550 g/mol. The fraction of sp³-hybridized carbons (Fsp3) is 0.286. The lowest BCUT2D eigenvalue weighted by Crippen LogP contribution is -2.41. The second kappa shape index (κ2) is 11.6. The number of allylic oxidation sites excluding steroid dienone is 1. The number of aromatic amines is 1. The van der Waals surface area contributed by atoms with Crippen LogP contribution in [0.4, 0.5) is 21.0 Å². The Morgan fingerprint density at radius 2 is 2.08 bits per heavy atom. The van der Waals surface area contributed by atoms with E-state index in [4.69, 9.17) is 21.3 Å². The van der Waals surface area contributed by atoms with Crippen LogP contribution in [0.1, 0.15) is 49.2 Å². The lowest BCUT2D eigenvalue weighted by molar-refractivity contribution is -0.116. The fourth-order valence-corrected chi connectivity index (χ4v) is 4.94. The van der Waals surface area contributed by atoms with Gasteiger partial charge in [-0.3, -0.25) is 15.0 Å². The minimum absolute atomic E-state index is 0.172. The van der Waals surface area contributed by atoms with Crippen LogP contribution in [0.2, 0.25) is 5.02 Å². The molecule has 0 radical (unpaired) electrons. The summed E-state index contributed by atoms with van der Waals surface area (Å²) in [6.07, 6.45) is 6.11. The van der Waals surface area contributed by atoms with Gasteiger partial charge in [-0.05, 0) is 48.7 Å². The predicted octanol–water partition coefficient (Wildman–Crippen LogP) is 6.21. The molecule has 2 aromatic carbocycles. The van der Waals surface area contributed by atoms with Gasteiger partial charge in [0.15, 0.2) is 0 Å². The van der Waals surface area contributed by atoms with E-state index in [0.29, 0.717) is 59.3 Å². The van der Waals surface area contributed by atoms with Gasteiger partial charge in [0.25, 0.3) is 0 Å². The molecule has 0 aliphatic carbocycles. The summed E-state index contributed by atoms with van der Waals surface area (Å²) in [6, 6.07) is 12.1. The SMILES string of the molecule is COC(=O)Nc1ccc2c(c1)NC(=O)CC/C=C/C[C@H](N1CC[C@@H](c3cccc(Cl)c3)OC1=O)c1nc-2c[nH]1. The van der Waals surface area contributed by atoms with Crippen molar-refractivity contribution in [2.24, 2.45) is 0 Å². The maximum atomic E-state index is 13.2. The number of amides is 3. The van der Waals surface area contributed by atoms with E-state index >= 15 is 0 Å². The summed E-state index contributed by atoms with van der Waals surface area (Å²) in [5, 5.41) is 6.13. The second-order valence-electron chi connectivity index (χ2n) is 9.27. The van der Waals surface area contributed by atoms with Gasteiger partial charge in [0.2, 0.25) is 5.91 Å². The number of imidazole rings is 1. The molecule has 2 aliphatic rings. The first-order chi connectivity index (χ1) is 18.9. The van der Waals surface area contributed by atoms with Crippen molar-refractivity contribution in [3.8, 4) is 11.3 Å². The normalized spacial score (nSPS) is 20.3. The molecular formula is C28H28ClN5O5. The molecule has 39 heavy (non-hydrogen) atoms. The number of nitrogens with one attached hydrogen (secondary N) is 3. The van der Waals surface area contributed by atoms with Crippen molar-refractivity contribution in [2.75, 3.05) is 24.3 Å². The zero-order valence-corrected chi connectivity index (χ0v) is 22.0. The number of halogens is 1. The standard InChI is InChI=1S/C28H28ClN5O5/c1-38-27(36)31-19-10-11-20-21(15-19)32-25(35)9-4-2-3-8-23(26-30-16-22(20)33-26)34-13-12-24(39-28(34)37)17-6-5-7-18(29)14-17/h2-3,5-7,10-11,14-16,23-24H,4,8-9,12-13H2,1H3,(H,30,33)(H,31,36)(H,32,35)/b3-2+/t23-,24-/m0/s1. The molecule has 0 saturated carbocycles. The number of benzene rings is 2. The summed E-state index contributed by atoms with van der Waals surface area (Å²) in [5.41, 5.74) is 3.06. The van der Waals surface area contributed by atoms with Crippen molar-refractivity contribution in [3.63, 3.8) is 0 Å². The maximum absolute atomic E-state index is 13.2. The molecule has 5 rings (SSSR count). The van der Waals surface area contributed by atoms with Crippen molar-refractivity contribution < 1.29 is 23.9 Å². The largest absolute Gasteiger partial charge is 0.453 e. The first kappa shape index (κ1) is 26.3. The number of aromatic nitrogens is 2. The zero-order valence-electron chi connectivity index (χ0n) is 21.3. The molecule has 202 valence electrons. The third-order valence-electron chi connectivity index (χ3n) is 6.69. The number of nitrogens with zero attached hydrogens (tertiary/aromatic N) is 2. The molecule has 2 aliphatic heterocycles. The van der Waals surface area contributed by atoms with Gasteiger partial charge in [-0.2, -0.15) is 0 Å². The molecule has 3 aromatic rings. The van der Waals surface area contributed by atoms with Gasteiger partial charge >= 0.3 is 12.2 Å². The number of carbonyl (C=O) groups is 3. The van der Waals surface area contributed by atoms with Crippen molar-refractivity contribution in [2.45, 2.75) is 37.8 Å². The van der Waals surface area contributed by atoms with Gasteiger partial charge in [-0.1, -0.05) is 35.9 Å². The highest BCUT2D eigenvalue weighted by Gasteiger charge is 2.35. The highest BCUT2D eigenvalue weighted by molar-refractivity contribution is 6.30. The zero-order chi connectivity index (χ0) is 27.4. The van der Waals surface area contributed by atoms with Crippen LogP contribution in [0.3, 0.4) is 0 Å². The monoisotopic (exact) mass is 549 g/mol. The number of ether oxygens (including phenoxy) is 2. The van der Waals surface area contributed by atoms with Gasteiger partial charge in [-0.15, -0.1) is 0 Å². The van der Waals surface area contributed by atoms with Crippen LogP contribution in [-0.2, 0) is 14.3 Å². The van der Waals surface area contributed by atoms with Crippen molar-refractivity contribution in [3.05, 3.63) is 77.2 Å². The van der Waals surface area contributed by atoms with E-state index in [1.165, 1.54) is 7.11 Å². The van der Waals surface area contributed by atoms with Crippen LogP contribution < -0.4 is 10.6 Å². The third kappa shape index (κ3) is 6.06. The molecule has 0 unspecified atom stereocenters. The molecule has 11 heteroatoms. The van der Waals surface area contributed by atoms with E-state index in [2.05, 4.69) is 20.4 Å². The molecule has 3 heterocycles. The number of H-pyrrole nitrogens is 1. The van der Waals surface area contributed by atoms with Crippen molar-refractivity contribution in [1.82, 2.24) is 14.9 Å². The molecule has 3 N–H and O–H groups in total. The summed E-state index contributed by atoms with van der Waals surface area (Å²) < 4.78 is 10.5. The van der Waals surface area contributed by atoms with Crippen LogP contribution in [0.5, 0.6) is 0 Å². The Labute approximate surface area is 230 Å². The quantitative estimate of drug-likeness (QED) is 0.333. The van der Waals surface area contributed by atoms with Crippen LogP contribution in [0, 0.1) is 0 Å². The molecule has 2 atom stereocenters. The van der Waals surface area contributed by atoms with E-state index in [0.717, 1.165) is 5.56 Å². The van der Waals surface area contributed by atoms with E-state index in [9.17, 15) is 14.4 Å². The summed E-state index contributed by atoms with van der Waals surface area (Å²) in [5.74, 6) is 0.426. The first-order valence-corrected chi connectivity index (χ1v) is 13.0. The molecule has 3 amide bonds. The van der Waals surface area contributed by atoms with Crippen LogP contribution in [0.15, 0.2) is 60.8 Å². The van der Waals surface area contributed by atoms with Crippen molar-refractivity contribution in [1.29, 1.82) is 0 Å². The molecular weight excluding hydrogens is 522 g/mol. The van der Waals surface area contributed by atoms with E-state index in [1.54, 1.807) is 35.4 Å².